The Morgan fingerprint density at radius 2 is 2.05 bits per heavy atom. The van der Waals surface area contributed by atoms with Crippen molar-refractivity contribution in [2.75, 3.05) is 13.6 Å². The zero-order chi connectivity index (χ0) is 13.8. The number of amides is 1. The summed E-state index contributed by atoms with van der Waals surface area (Å²) >= 11 is 0. The summed E-state index contributed by atoms with van der Waals surface area (Å²) in [5, 5.41) is 0. The zero-order valence-corrected chi connectivity index (χ0v) is 11.9. The normalized spacial score (nSPS) is 22.9. The molecule has 0 radical (unpaired) electrons. The van der Waals surface area contributed by atoms with Gasteiger partial charge in [-0.25, -0.2) is 0 Å². The van der Waals surface area contributed by atoms with Crippen LogP contribution in [0.3, 0.4) is 0 Å². The molecular formula is C16H24N2O. The van der Waals surface area contributed by atoms with Gasteiger partial charge in [-0.15, -0.1) is 0 Å². The summed E-state index contributed by atoms with van der Waals surface area (Å²) < 4.78 is 0. The summed E-state index contributed by atoms with van der Waals surface area (Å²) in [4.78, 5) is 13.9. The lowest BCUT2D eigenvalue weighted by Gasteiger charge is -2.18. The number of hydrogen-bond donors (Lipinski definition) is 1. The molecule has 0 saturated heterocycles. The van der Waals surface area contributed by atoms with Gasteiger partial charge in [-0.1, -0.05) is 37.3 Å². The van der Waals surface area contributed by atoms with Crippen molar-refractivity contribution in [2.45, 2.75) is 32.2 Å². The fraction of sp³-hybridized carbons (Fsp3) is 0.562. The topological polar surface area (TPSA) is 46.3 Å². The standard InChI is InChI=1S/C16H24N2O/c1-12-10-14(12)11-18(2)16(19)9-8-15(17)13-6-4-3-5-7-13/h3-7,12,14-15H,8-11,17H2,1-2H3. The Kier molecular flexibility index (Phi) is 4.59. The van der Waals surface area contributed by atoms with E-state index in [2.05, 4.69) is 6.92 Å². The lowest BCUT2D eigenvalue weighted by atomic mass is 10.0. The molecule has 1 aliphatic carbocycles. The Balaban J connectivity index is 1.73. The quantitative estimate of drug-likeness (QED) is 0.854. The van der Waals surface area contributed by atoms with Crippen molar-refractivity contribution in [1.29, 1.82) is 0 Å². The Morgan fingerprint density at radius 1 is 1.42 bits per heavy atom. The average Bonchev–Trinajstić information content (AvgIpc) is 3.11. The molecule has 1 saturated carbocycles. The number of nitrogens with two attached hydrogens (primary N) is 1. The first-order chi connectivity index (χ1) is 9.08. The van der Waals surface area contributed by atoms with Crippen molar-refractivity contribution < 1.29 is 4.79 Å². The van der Waals surface area contributed by atoms with Gasteiger partial charge in [0, 0.05) is 26.1 Å². The highest BCUT2D eigenvalue weighted by molar-refractivity contribution is 5.75. The molecule has 2 N–H and O–H groups in total. The molecule has 3 heteroatoms. The van der Waals surface area contributed by atoms with Gasteiger partial charge >= 0.3 is 0 Å². The smallest absolute Gasteiger partial charge is 0.222 e. The molecule has 104 valence electrons. The number of benzene rings is 1. The van der Waals surface area contributed by atoms with Crippen LogP contribution in [0.4, 0.5) is 0 Å². The van der Waals surface area contributed by atoms with Crippen LogP contribution in [0.2, 0.25) is 0 Å². The predicted molar refractivity (Wildman–Crippen MR) is 77.5 cm³/mol. The van der Waals surface area contributed by atoms with E-state index in [-0.39, 0.29) is 11.9 Å². The second-order valence-electron chi connectivity index (χ2n) is 5.80. The summed E-state index contributed by atoms with van der Waals surface area (Å²) in [5.74, 6) is 1.73. The number of rotatable bonds is 6. The molecule has 0 aliphatic heterocycles. The van der Waals surface area contributed by atoms with Crippen LogP contribution in [0.5, 0.6) is 0 Å². The maximum absolute atomic E-state index is 12.0. The maximum atomic E-state index is 12.0. The highest BCUT2D eigenvalue weighted by Crippen LogP contribution is 2.38. The first-order valence-corrected chi connectivity index (χ1v) is 7.12. The molecule has 0 bridgehead atoms. The van der Waals surface area contributed by atoms with Crippen LogP contribution in [-0.4, -0.2) is 24.4 Å². The van der Waals surface area contributed by atoms with E-state index in [9.17, 15) is 4.79 Å². The summed E-state index contributed by atoms with van der Waals surface area (Å²) in [5.41, 5.74) is 7.21. The molecule has 0 aromatic heterocycles. The minimum Gasteiger partial charge on any atom is -0.345 e. The third-order valence-corrected chi connectivity index (χ3v) is 4.11. The second-order valence-corrected chi connectivity index (χ2v) is 5.80. The Labute approximate surface area is 115 Å². The predicted octanol–water partition coefficient (Wildman–Crippen LogP) is 2.58. The number of nitrogens with zero attached hydrogens (tertiary/aromatic N) is 1. The van der Waals surface area contributed by atoms with Gasteiger partial charge < -0.3 is 10.6 Å². The molecule has 1 aromatic rings. The SMILES string of the molecule is CC1CC1CN(C)C(=O)CCC(N)c1ccccc1. The van der Waals surface area contributed by atoms with Crippen LogP contribution in [-0.2, 0) is 4.79 Å². The highest BCUT2D eigenvalue weighted by atomic mass is 16.2. The average molecular weight is 260 g/mol. The maximum Gasteiger partial charge on any atom is 0.222 e. The largest absolute Gasteiger partial charge is 0.345 e. The van der Waals surface area contributed by atoms with E-state index in [1.165, 1.54) is 6.42 Å². The molecule has 19 heavy (non-hydrogen) atoms. The third-order valence-electron chi connectivity index (χ3n) is 4.11. The molecule has 2 rings (SSSR count). The first kappa shape index (κ1) is 14.1. The van der Waals surface area contributed by atoms with Gasteiger partial charge in [0.2, 0.25) is 5.91 Å². The van der Waals surface area contributed by atoms with Crippen LogP contribution in [0.25, 0.3) is 0 Å². The third kappa shape index (κ3) is 4.06. The van der Waals surface area contributed by atoms with Crippen molar-refractivity contribution in [2.24, 2.45) is 17.6 Å². The Bertz CT molecular complexity index is 418. The molecular weight excluding hydrogens is 236 g/mol. The van der Waals surface area contributed by atoms with E-state index in [0.717, 1.165) is 23.9 Å². The minimum absolute atomic E-state index is 0.0431. The zero-order valence-electron chi connectivity index (χ0n) is 11.9. The molecule has 1 aromatic carbocycles. The van der Waals surface area contributed by atoms with Gasteiger partial charge in [0.15, 0.2) is 0 Å². The van der Waals surface area contributed by atoms with Gasteiger partial charge in [-0.05, 0) is 30.2 Å². The van der Waals surface area contributed by atoms with Gasteiger partial charge in [0.1, 0.15) is 0 Å². The minimum atomic E-state index is -0.0431. The lowest BCUT2D eigenvalue weighted by molar-refractivity contribution is -0.130. The van der Waals surface area contributed by atoms with E-state index in [0.29, 0.717) is 12.8 Å². The second kappa shape index (κ2) is 6.20. The van der Waals surface area contributed by atoms with Crippen molar-refractivity contribution in [3.63, 3.8) is 0 Å². The Morgan fingerprint density at radius 3 is 2.63 bits per heavy atom. The summed E-state index contributed by atoms with van der Waals surface area (Å²) in [6, 6.07) is 9.94. The number of carbonyl (C=O) groups excluding carboxylic acids is 1. The fourth-order valence-corrected chi connectivity index (χ4v) is 2.44. The van der Waals surface area contributed by atoms with Gasteiger partial charge in [0.25, 0.3) is 0 Å². The van der Waals surface area contributed by atoms with E-state index < -0.39 is 0 Å². The molecule has 1 aliphatic rings. The summed E-state index contributed by atoms with van der Waals surface area (Å²) in [6.07, 6.45) is 2.52. The summed E-state index contributed by atoms with van der Waals surface area (Å²) in [7, 11) is 1.90. The highest BCUT2D eigenvalue weighted by Gasteiger charge is 2.34. The number of carbonyl (C=O) groups is 1. The fourth-order valence-electron chi connectivity index (χ4n) is 2.44. The molecule has 3 nitrogen and oxygen atoms in total. The monoisotopic (exact) mass is 260 g/mol. The van der Waals surface area contributed by atoms with E-state index in [1.54, 1.807) is 0 Å². The summed E-state index contributed by atoms with van der Waals surface area (Å²) in [6.45, 7) is 3.15. The van der Waals surface area contributed by atoms with Gasteiger partial charge in [-0.2, -0.15) is 0 Å². The molecule has 0 heterocycles. The van der Waals surface area contributed by atoms with E-state index >= 15 is 0 Å². The van der Waals surface area contributed by atoms with Crippen molar-refractivity contribution in [1.82, 2.24) is 4.90 Å². The van der Waals surface area contributed by atoms with Gasteiger partial charge in [-0.3, -0.25) is 4.79 Å². The molecule has 3 unspecified atom stereocenters. The van der Waals surface area contributed by atoms with Crippen molar-refractivity contribution in [3.05, 3.63) is 35.9 Å². The van der Waals surface area contributed by atoms with E-state index in [4.69, 9.17) is 5.73 Å². The van der Waals surface area contributed by atoms with Gasteiger partial charge in [0.05, 0.1) is 0 Å². The van der Waals surface area contributed by atoms with Crippen molar-refractivity contribution >= 4 is 5.91 Å². The van der Waals surface area contributed by atoms with E-state index in [1.807, 2.05) is 42.3 Å². The van der Waals surface area contributed by atoms with Crippen LogP contribution in [0.1, 0.15) is 37.8 Å². The van der Waals surface area contributed by atoms with Crippen LogP contribution >= 0.6 is 0 Å². The first-order valence-electron chi connectivity index (χ1n) is 7.12. The molecule has 1 amide bonds. The van der Waals surface area contributed by atoms with Crippen LogP contribution < -0.4 is 5.73 Å². The Hall–Kier alpha value is -1.35. The number of hydrogen-bond acceptors (Lipinski definition) is 2. The van der Waals surface area contributed by atoms with Crippen molar-refractivity contribution in [3.8, 4) is 0 Å². The molecule has 3 atom stereocenters. The molecule has 0 spiro atoms. The van der Waals surface area contributed by atoms with Crippen LogP contribution in [0, 0.1) is 11.8 Å². The lowest BCUT2D eigenvalue weighted by Crippen LogP contribution is -2.29. The molecule has 1 fully saturated rings. The van der Waals surface area contributed by atoms with Crippen LogP contribution in [0.15, 0.2) is 30.3 Å².